The van der Waals surface area contributed by atoms with Crippen molar-refractivity contribution in [2.45, 2.75) is 45.6 Å². The van der Waals surface area contributed by atoms with E-state index >= 15 is 0 Å². The van der Waals surface area contributed by atoms with Crippen molar-refractivity contribution in [2.24, 2.45) is 11.8 Å². The molecule has 1 rings (SSSR count). The Morgan fingerprint density at radius 3 is 2.47 bits per heavy atom. The summed E-state index contributed by atoms with van der Waals surface area (Å²) in [7, 11) is 3.57. The van der Waals surface area contributed by atoms with Gasteiger partial charge in [0.2, 0.25) is 5.91 Å². The lowest BCUT2D eigenvalue weighted by Gasteiger charge is -2.39. The second-order valence-corrected chi connectivity index (χ2v) is 5.74. The number of carbonyl (C=O) groups excluding carboxylic acids is 1. The maximum Gasteiger partial charge on any atom is 0.236 e. The van der Waals surface area contributed by atoms with Crippen LogP contribution in [0.1, 0.15) is 39.5 Å². The molecule has 0 aromatic heterocycles. The minimum Gasteiger partial charge on any atom is -0.348 e. The van der Waals surface area contributed by atoms with Crippen LogP contribution in [0, 0.1) is 23.2 Å². The van der Waals surface area contributed by atoms with E-state index in [1.165, 1.54) is 6.42 Å². The molecule has 0 spiro atoms. The molecule has 1 fully saturated rings. The number of nitriles is 1. The predicted molar refractivity (Wildman–Crippen MR) is 76.5 cm³/mol. The molecule has 4 nitrogen and oxygen atoms in total. The largest absolute Gasteiger partial charge is 0.348 e. The van der Waals surface area contributed by atoms with Gasteiger partial charge in [0.1, 0.15) is 0 Å². The highest BCUT2D eigenvalue weighted by Crippen LogP contribution is 2.33. The summed E-state index contributed by atoms with van der Waals surface area (Å²) >= 11 is 0. The van der Waals surface area contributed by atoms with E-state index < -0.39 is 0 Å². The molecule has 4 heteroatoms. The number of hydrogen-bond acceptors (Lipinski definition) is 3. The summed E-state index contributed by atoms with van der Waals surface area (Å²) in [4.78, 5) is 15.7. The number of carbonyl (C=O) groups is 1. The van der Waals surface area contributed by atoms with Gasteiger partial charge >= 0.3 is 0 Å². The third-order valence-corrected chi connectivity index (χ3v) is 4.38. The van der Waals surface area contributed by atoms with Gasteiger partial charge in [-0.15, -0.1) is 0 Å². The number of nitrogens with zero attached hydrogens (tertiary/aromatic N) is 3. The summed E-state index contributed by atoms with van der Waals surface area (Å²) in [5, 5.41) is 9.34. The molecule has 0 aromatic carbocycles. The molecule has 3 atom stereocenters. The van der Waals surface area contributed by atoms with Gasteiger partial charge in [0.25, 0.3) is 0 Å². The van der Waals surface area contributed by atoms with Crippen molar-refractivity contribution < 1.29 is 4.79 Å². The highest BCUT2D eigenvalue weighted by molar-refractivity contribution is 5.77. The van der Waals surface area contributed by atoms with Gasteiger partial charge in [-0.1, -0.05) is 20.3 Å². The lowest BCUT2D eigenvalue weighted by atomic mass is 9.77. The van der Waals surface area contributed by atoms with Crippen molar-refractivity contribution >= 4 is 5.91 Å². The molecule has 1 aliphatic rings. The summed E-state index contributed by atoms with van der Waals surface area (Å²) in [5.41, 5.74) is 0. The zero-order valence-electron chi connectivity index (χ0n) is 12.7. The third-order valence-electron chi connectivity index (χ3n) is 4.38. The number of likely N-dealkylation sites (N-methyl/N-ethyl adjacent to an activating group) is 2. The van der Waals surface area contributed by atoms with Crippen LogP contribution < -0.4 is 0 Å². The Morgan fingerprint density at radius 2 is 2.00 bits per heavy atom. The molecule has 3 unspecified atom stereocenters. The van der Waals surface area contributed by atoms with Crippen LogP contribution in [0.5, 0.6) is 0 Å². The Balaban J connectivity index is 2.75. The van der Waals surface area contributed by atoms with Crippen LogP contribution >= 0.6 is 0 Å². The molecule has 1 amide bonds. The SMILES string of the molecule is CCC1CCC(C#N)C(N(CC)CC(=O)N(C)C)C1. The summed E-state index contributed by atoms with van der Waals surface area (Å²) in [6, 6.07) is 2.70. The van der Waals surface area contributed by atoms with Gasteiger partial charge in [0, 0.05) is 20.1 Å². The Hall–Kier alpha value is -1.08. The molecular formula is C15H27N3O. The van der Waals surface area contributed by atoms with E-state index in [2.05, 4.69) is 24.8 Å². The van der Waals surface area contributed by atoms with Gasteiger partial charge in [-0.2, -0.15) is 5.26 Å². The fourth-order valence-corrected chi connectivity index (χ4v) is 2.93. The zero-order chi connectivity index (χ0) is 14.4. The predicted octanol–water partition coefficient (Wildman–Crippen LogP) is 2.11. The first-order valence-electron chi connectivity index (χ1n) is 7.37. The molecule has 1 saturated carbocycles. The van der Waals surface area contributed by atoms with Crippen molar-refractivity contribution in [1.82, 2.24) is 9.80 Å². The maximum absolute atomic E-state index is 11.9. The Kier molecular flexibility index (Phi) is 6.30. The molecule has 19 heavy (non-hydrogen) atoms. The minimum absolute atomic E-state index is 0.0812. The Labute approximate surface area is 117 Å². The van der Waals surface area contributed by atoms with E-state index in [4.69, 9.17) is 0 Å². The average molecular weight is 265 g/mol. The molecule has 0 N–H and O–H groups in total. The maximum atomic E-state index is 11.9. The summed E-state index contributed by atoms with van der Waals surface area (Å²) < 4.78 is 0. The van der Waals surface area contributed by atoms with Crippen molar-refractivity contribution in [2.75, 3.05) is 27.2 Å². The normalized spacial score (nSPS) is 27.1. The van der Waals surface area contributed by atoms with E-state index in [-0.39, 0.29) is 17.9 Å². The van der Waals surface area contributed by atoms with Crippen molar-refractivity contribution in [3.63, 3.8) is 0 Å². The summed E-state index contributed by atoms with van der Waals surface area (Å²) in [5.74, 6) is 0.910. The molecule has 1 aliphatic carbocycles. The van der Waals surface area contributed by atoms with Crippen molar-refractivity contribution in [3.05, 3.63) is 0 Å². The zero-order valence-corrected chi connectivity index (χ0v) is 12.7. The number of rotatable bonds is 5. The lowest BCUT2D eigenvalue weighted by molar-refractivity contribution is -0.130. The quantitative estimate of drug-likeness (QED) is 0.765. The first-order valence-corrected chi connectivity index (χ1v) is 7.37. The van der Waals surface area contributed by atoms with Gasteiger partial charge in [-0.3, -0.25) is 9.69 Å². The van der Waals surface area contributed by atoms with Crippen LogP contribution in [-0.4, -0.2) is 48.9 Å². The first kappa shape index (κ1) is 16.0. The van der Waals surface area contributed by atoms with Crippen LogP contribution in [0.4, 0.5) is 0 Å². The monoisotopic (exact) mass is 265 g/mol. The Morgan fingerprint density at radius 1 is 1.32 bits per heavy atom. The van der Waals surface area contributed by atoms with Crippen LogP contribution in [0.15, 0.2) is 0 Å². The van der Waals surface area contributed by atoms with Gasteiger partial charge in [-0.05, 0) is 31.7 Å². The fraction of sp³-hybridized carbons (Fsp3) is 0.867. The second kappa shape index (κ2) is 7.49. The average Bonchev–Trinajstić information content (AvgIpc) is 2.43. The lowest BCUT2D eigenvalue weighted by Crippen LogP contribution is -2.48. The molecule has 0 saturated heterocycles. The van der Waals surface area contributed by atoms with Crippen LogP contribution in [-0.2, 0) is 4.79 Å². The van der Waals surface area contributed by atoms with Crippen molar-refractivity contribution in [1.29, 1.82) is 5.26 Å². The second-order valence-electron chi connectivity index (χ2n) is 5.74. The van der Waals surface area contributed by atoms with Crippen LogP contribution in [0.3, 0.4) is 0 Å². The van der Waals surface area contributed by atoms with E-state index in [1.54, 1.807) is 19.0 Å². The molecule has 0 heterocycles. The van der Waals surface area contributed by atoms with Gasteiger partial charge in [0.05, 0.1) is 18.5 Å². The first-order chi connectivity index (χ1) is 9.03. The minimum atomic E-state index is 0.0812. The fourth-order valence-electron chi connectivity index (χ4n) is 2.93. The standard InChI is InChI=1S/C15H27N3O/c1-5-12-7-8-13(10-16)14(9-12)18(6-2)11-15(19)17(3)4/h12-14H,5-9,11H2,1-4H3. The number of amides is 1. The molecule has 0 aromatic rings. The molecular weight excluding hydrogens is 238 g/mol. The Bertz CT molecular complexity index is 335. The van der Waals surface area contributed by atoms with E-state index in [1.807, 2.05) is 0 Å². The van der Waals surface area contributed by atoms with Crippen molar-refractivity contribution in [3.8, 4) is 6.07 Å². The smallest absolute Gasteiger partial charge is 0.236 e. The summed E-state index contributed by atoms with van der Waals surface area (Å²) in [6.07, 6.45) is 4.37. The van der Waals surface area contributed by atoms with Crippen LogP contribution in [0.2, 0.25) is 0 Å². The third kappa shape index (κ3) is 4.21. The number of hydrogen-bond donors (Lipinski definition) is 0. The van der Waals surface area contributed by atoms with E-state index in [9.17, 15) is 10.1 Å². The van der Waals surface area contributed by atoms with Gasteiger partial charge in [-0.25, -0.2) is 0 Å². The van der Waals surface area contributed by atoms with Gasteiger partial charge < -0.3 is 4.90 Å². The molecule has 0 radical (unpaired) electrons. The van der Waals surface area contributed by atoms with Gasteiger partial charge in [0.15, 0.2) is 0 Å². The highest BCUT2D eigenvalue weighted by atomic mass is 16.2. The molecule has 108 valence electrons. The van der Waals surface area contributed by atoms with E-state index in [0.29, 0.717) is 12.5 Å². The molecule has 0 aliphatic heterocycles. The topological polar surface area (TPSA) is 47.3 Å². The highest BCUT2D eigenvalue weighted by Gasteiger charge is 2.34. The van der Waals surface area contributed by atoms with Crippen LogP contribution in [0.25, 0.3) is 0 Å². The summed E-state index contributed by atoms with van der Waals surface area (Å²) in [6.45, 7) is 5.56. The van der Waals surface area contributed by atoms with E-state index in [0.717, 1.165) is 25.8 Å². The molecule has 0 bridgehead atoms.